The maximum atomic E-state index is 6.01. The third kappa shape index (κ3) is 2.53. The number of benzene rings is 2. The molecule has 120 valence electrons. The van der Waals surface area contributed by atoms with Crippen LogP contribution >= 0.6 is 11.3 Å². The van der Waals surface area contributed by atoms with Gasteiger partial charge in [0, 0.05) is 33.1 Å². The first-order valence-electron chi connectivity index (χ1n) is 7.56. The van der Waals surface area contributed by atoms with Crippen LogP contribution in [0.2, 0.25) is 0 Å². The van der Waals surface area contributed by atoms with E-state index in [9.17, 15) is 0 Å². The Balaban J connectivity index is 1.79. The summed E-state index contributed by atoms with van der Waals surface area (Å²) in [5, 5.41) is 3.95. The van der Waals surface area contributed by atoms with Crippen LogP contribution in [0.4, 0.5) is 5.69 Å². The largest absolute Gasteiger partial charge is 0.493 e. The Morgan fingerprint density at radius 2 is 1.92 bits per heavy atom. The van der Waals surface area contributed by atoms with Gasteiger partial charge in [-0.25, -0.2) is 0 Å². The predicted octanol–water partition coefficient (Wildman–Crippen LogP) is 4.62. The Bertz CT molecular complexity index is 1010. The molecule has 0 unspecified atom stereocenters. The molecule has 2 aromatic carbocycles. The van der Waals surface area contributed by atoms with Crippen LogP contribution in [0.5, 0.6) is 11.5 Å². The standard InChI is InChI=1S/C19H16N2O2S/c1-22-17-8-16-13(19-14(9-21-16)15(20)11-24-19)7-18(17)23-10-12-5-3-2-4-6-12/h2-9,11H,10,20H2,1H3. The van der Waals surface area contributed by atoms with Gasteiger partial charge in [-0.15, -0.1) is 11.3 Å². The monoisotopic (exact) mass is 336 g/mol. The molecule has 24 heavy (non-hydrogen) atoms. The molecule has 0 bridgehead atoms. The van der Waals surface area contributed by atoms with Gasteiger partial charge in [-0.2, -0.15) is 0 Å². The van der Waals surface area contributed by atoms with Gasteiger partial charge in [-0.3, -0.25) is 4.98 Å². The van der Waals surface area contributed by atoms with Crippen LogP contribution in [0.3, 0.4) is 0 Å². The molecule has 0 spiro atoms. The molecular weight excluding hydrogens is 320 g/mol. The first-order chi connectivity index (χ1) is 11.8. The van der Waals surface area contributed by atoms with E-state index in [1.165, 1.54) is 0 Å². The van der Waals surface area contributed by atoms with Crippen LogP contribution in [-0.4, -0.2) is 12.1 Å². The van der Waals surface area contributed by atoms with Gasteiger partial charge in [0.25, 0.3) is 0 Å². The summed E-state index contributed by atoms with van der Waals surface area (Å²) < 4.78 is 12.6. The van der Waals surface area contributed by atoms with Crippen molar-refractivity contribution >= 4 is 38.0 Å². The van der Waals surface area contributed by atoms with Crippen molar-refractivity contribution in [2.45, 2.75) is 6.61 Å². The molecule has 2 N–H and O–H groups in total. The Morgan fingerprint density at radius 3 is 2.71 bits per heavy atom. The average Bonchev–Trinajstić information content (AvgIpc) is 3.01. The van der Waals surface area contributed by atoms with E-state index in [-0.39, 0.29) is 0 Å². The molecule has 0 aliphatic rings. The minimum atomic E-state index is 0.485. The summed E-state index contributed by atoms with van der Waals surface area (Å²) in [7, 11) is 1.64. The molecule has 4 aromatic rings. The van der Waals surface area contributed by atoms with Gasteiger partial charge in [0.05, 0.1) is 18.3 Å². The van der Waals surface area contributed by atoms with Gasteiger partial charge in [0.2, 0.25) is 0 Å². The van der Waals surface area contributed by atoms with Crippen molar-refractivity contribution in [3.63, 3.8) is 0 Å². The van der Waals surface area contributed by atoms with Gasteiger partial charge in [-0.1, -0.05) is 30.3 Å². The molecule has 5 heteroatoms. The van der Waals surface area contributed by atoms with Crippen LogP contribution in [0.25, 0.3) is 21.0 Å². The number of anilines is 1. The van der Waals surface area contributed by atoms with Gasteiger partial charge >= 0.3 is 0 Å². The molecule has 4 rings (SSSR count). The van der Waals surface area contributed by atoms with Crippen LogP contribution in [-0.2, 0) is 6.61 Å². The molecule has 0 radical (unpaired) electrons. The van der Waals surface area contributed by atoms with Crippen molar-refractivity contribution in [1.29, 1.82) is 0 Å². The lowest BCUT2D eigenvalue weighted by molar-refractivity contribution is 0.285. The highest BCUT2D eigenvalue weighted by atomic mass is 32.1. The number of methoxy groups -OCH3 is 1. The normalized spacial score (nSPS) is 11.0. The lowest BCUT2D eigenvalue weighted by Gasteiger charge is -2.12. The molecule has 2 heterocycles. The van der Waals surface area contributed by atoms with E-state index in [4.69, 9.17) is 15.2 Å². The van der Waals surface area contributed by atoms with Crippen LogP contribution in [0.1, 0.15) is 5.56 Å². The number of hydrogen-bond donors (Lipinski definition) is 1. The van der Waals surface area contributed by atoms with E-state index in [1.54, 1.807) is 18.4 Å². The van der Waals surface area contributed by atoms with E-state index >= 15 is 0 Å². The lowest BCUT2D eigenvalue weighted by atomic mass is 10.1. The van der Waals surface area contributed by atoms with Crippen molar-refractivity contribution in [1.82, 2.24) is 4.98 Å². The molecule has 0 fully saturated rings. The molecule has 0 saturated carbocycles. The van der Waals surface area contributed by atoms with E-state index < -0.39 is 0 Å². The highest BCUT2D eigenvalue weighted by molar-refractivity contribution is 7.18. The van der Waals surface area contributed by atoms with Gasteiger partial charge in [0.15, 0.2) is 11.5 Å². The topological polar surface area (TPSA) is 57.4 Å². The first kappa shape index (κ1) is 14.8. The quantitative estimate of drug-likeness (QED) is 0.591. The fourth-order valence-corrected chi connectivity index (χ4v) is 3.66. The number of fused-ring (bicyclic) bond motifs is 3. The molecule has 0 atom stereocenters. The SMILES string of the molecule is COc1cc2ncc3c(N)csc3c2cc1OCc1ccccc1. The van der Waals surface area contributed by atoms with Crippen molar-refractivity contribution < 1.29 is 9.47 Å². The maximum absolute atomic E-state index is 6.01. The van der Waals surface area contributed by atoms with Gasteiger partial charge in [-0.05, 0) is 11.6 Å². The molecule has 0 aliphatic carbocycles. The van der Waals surface area contributed by atoms with Crippen molar-refractivity contribution in [3.8, 4) is 11.5 Å². The zero-order valence-corrected chi connectivity index (χ0v) is 14.0. The summed E-state index contributed by atoms with van der Waals surface area (Å²) in [4.78, 5) is 4.50. The minimum absolute atomic E-state index is 0.485. The van der Waals surface area contributed by atoms with E-state index in [0.29, 0.717) is 18.1 Å². The van der Waals surface area contributed by atoms with Crippen LogP contribution in [0.15, 0.2) is 54.0 Å². The van der Waals surface area contributed by atoms with Crippen molar-refractivity contribution in [3.05, 3.63) is 59.6 Å². The summed E-state index contributed by atoms with van der Waals surface area (Å²) in [6.07, 6.45) is 1.81. The fourth-order valence-electron chi connectivity index (χ4n) is 2.70. The second-order valence-electron chi connectivity index (χ2n) is 5.49. The number of thiophene rings is 1. The molecule has 0 aliphatic heterocycles. The van der Waals surface area contributed by atoms with Gasteiger partial charge < -0.3 is 15.2 Å². The molecule has 2 aromatic heterocycles. The fraction of sp³-hybridized carbons (Fsp3) is 0.105. The summed E-state index contributed by atoms with van der Waals surface area (Å²) in [6.45, 7) is 0.485. The van der Waals surface area contributed by atoms with E-state index in [1.807, 2.05) is 54.0 Å². The Labute approximate surface area is 143 Å². The highest BCUT2D eigenvalue weighted by Crippen LogP contribution is 2.38. The predicted molar refractivity (Wildman–Crippen MR) is 98.9 cm³/mol. The molecular formula is C19H16N2O2S. The number of pyridine rings is 1. The van der Waals surface area contributed by atoms with Crippen molar-refractivity contribution in [2.75, 3.05) is 12.8 Å². The third-order valence-electron chi connectivity index (χ3n) is 3.96. The molecule has 0 saturated heterocycles. The van der Waals surface area contributed by atoms with Crippen LogP contribution in [0, 0.1) is 0 Å². The van der Waals surface area contributed by atoms with E-state index in [2.05, 4.69) is 4.98 Å². The average molecular weight is 336 g/mol. The Hall–Kier alpha value is -2.79. The summed E-state index contributed by atoms with van der Waals surface area (Å²) >= 11 is 1.62. The first-order valence-corrected chi connectivity index (χ1v) is 8.44. The number of hydrogen-bond acceptors (Lipinski definition) is 5. The number of aromatic nitrogens is 1. The molecule has 4 nitrogen and oxygen atoms in total. The second-order valence-corrected chi connectivity index (χ2v) is 6.37. The zero-order valence-electron chi connectivity index (χ0n) is 13.2. The summed E-state index contributed by atoms with van der Waals surface area (Å²) in [6, 6.07) is 14.0. The minimum Gasteiger partial charge on any atom is -0.493 e. The molecule has 0 amide bonds. The smallest absolute Gasteiger partial charge is 0.162 e. The van der Waals surface area contributed by atoms with Crippen molar-refractivity contribution in [2.24, 2.45) is 0 Å². The number of nitrogens with zero attached hydrogens (tertiary/aromatic N) is 1. The second kappa shape index (κ2) is 6.02. The zero-order chi connectivity index (χ0) is 16.5. The number of nitrogen functional groups attached to an aromatic ring is 1. The summed E-state index contributed by atoms with van der Waals surface area (Å²) in [5.41, 5.74) is 8.74. The summed E-state index contributed by atoms with van der Waals surface area (Å²) in [5.74, 6) is 1.38. The Kier molecular flexibility index (Phi) is 3.70. The lowest BCUT2D eigenvalue weighted by Crippen LogP contribution is -1.98. The number of ether oxygens (including phenoxy) is 2. The van der Waals surface area contributed by atoms with Gasteiger partial charge in [0.1, 0.15) is 6.61 Å². The van der Waals surface area contributed by atoms with Crippen LogP contribution < -0.4 is 15.2 Å². The number of rotatable bonds is 4. The third-order valence-corrected chi connectivity index (χ3v) is 5.00. The maximum Gasteiger partial charge on any atom is 0.162 e. The number of nitrogens with two attached hydrogens (primary N) is 1. The van der Waals surface area contributed by atoms with E-state index in [0.717, 1.165) is 32.2 Å². The Morgan fingerprint density at radius 1 is 1.08 bits per heavy atom. The highest BCUT2D eigenvalue weighted by Gasteiger charge is 2.12.